The summed E-state index contributed by atoms with van der Waals surface area (Å²) in [5.74, 6) is 0. The highest BCUT2D eigenvalue weighted by Crippen LogP contribution is 2.30. The van der Waals surface area contributed by atoms with Crippen LogP contribution in [0.2, 0.25) is 10.0 Å². The van der Waals surface area contributed by atoms with Crippen LogP contribution in [0.5, 0.6) is 0 Å². The van der Waals surface area contributed by atoms with E-state index in [1.807, 2.05) is 42.5 Å². The summed E-state index contributed by atoms with van der Waals surface area (Å²) in [6.07, 6.45) is 0.717. The van der Waals surface area contributed by atoms with Crippen molar-refractivity contribution in [3.05, 3.63) is 63.6 Å². The van der Waals surface area contributed by atoms with Crippen molar-refractivity contribution < 1.29 is 5.21 Å². The van der Waals surface area contributed by atoms with Gasteiger partial charge in [0.05, 0.1) is 15.8 Å². The Morgan fingerprint density at radius 3 is 2.67 bits per heavy atom. The van der Waals surface area contributed by atoms with Crippen LogP contribution in [0.15, 0.2) is 47.6 Å². The minimum absolute atomic E-state index is 0.564. The Labute approximate surface area is 133 Å². The van der Waals surface area contributed by atoms with E-state index in [9.17, 15) is 0 Å². The molecule has 1 N–H and O–H groups in total. The van der Waals surface area contributed by atoms with E-state index in [0.29, 0.717) is 10.0 Å². The van der Waals surface area contributed by atoms with Crippen LogP contribution in [0.25, 0.3) is 0 Å². The number of oxime groups is 1. The van der Waals surface area contributed by atoms with Gasteiger partial charge in [-0.1, -0.05) is 52.6 Å². The predicted octanol–water partition coefficient (Wildman–Crippen LogP) is 4.58. The van der Waals surface area contributed by atoms with Crippen LogP contribution in [-0.2, 0) is 6.54 Å². The van der Waals surface area contributed by atoms with Gasteiger partial charge in [0.15, 0.2) is 0 Å². The van der Waals surface area contributed by atoms with Crippen LogP contribution in [0, 0.1) is 0 Å². The molecule has 2 aromatic rings. The van der Waals surface area contributed by atoms with Crippen molar-refractivity contribution in [3.8, 4) is 0 Å². The predicted molar refractivity (Wildman–Crippen MR) is 86.9 cm³/mol. The summed E-state index contributed by atoms with van der Waals surface area (Å²) in [6, 6.07) is 13.6. The summed E-state index contributed by atoms with van der Waals surface area (Å²) in [4.78, 5) is 2.25. The van der Waals surface area contributed by atoms with Gasteiger partial charge in [-0.3, -0.25) is 0 Å². The maximum Gasteiger partial charge on any atom is 0.0906 e. The molecule has 1 aliphatic heterocycles. The first-order chi connectivity index (χ1) is 10.2. The molecule has 1 heterocycles. The molecule has 0 spiro atoms. The van der Waals surface area contributed by atoms with E-state index in [2.05, 4.69) is 10.1 Å². The molecule has 0 bridgehead atoms. The van der Waals surface area contributed by atoms with Gasteiger partial charge in [-0.15, -0.1) is 0 Å². The first-order valence-corrected chi connectivity index (χ1v) is 7.44. The fourth-order valence-electron chi connectivity index (χ4n) is 2.62. The molecule has 0 radical (unpaired) electrons. The molecule has 0 aromatic heterocycles. The fraction of sp³-hybridized carbons (Fsp3) is 0.188. The number of fused-ring (bicyclic) bond motifs is 1. The quantitative estimate of drug-likeness (QED) is 0.649. The number of hydrogen-bond donors (Lipinski definition) is 1. The molecule has 5 heteroatoms. The molecule has 0 atom stereocenters. The largest absolute Gasteiger partial charge is 0.411 e. The highest BCUT2D eigenvalue weighted by molar-refractivity contribution is 6.42. The average Bonchev–Trinajstić information content (AvgIpc) is 2.51. The zero-order chi connectivity index (χ0) is 14.8. The van der Waals surface area contributed by atoms with Gasteiger partial charge in [0.1, 0.15) is 0 Å². The Bertz CT molecular complexity index is 700. The van der Waals surface area contributed by atoms with Gasteiger partial charge in [0.2, 0.25) is 0 Å². The Morgan fingerprint density at radius 2 is 1.90 bits per heavy atom. The SMILES string of the molecule is ON=C1CCN(Cc2ccc(Cl)c(Cl)c2)c2ccccc21. The number of nitrogens with zero attached hydrogens (tertiary/aromatic N) is 2. The van der Waals surface area contributed by atoms with Crippen LogP contribution < -0.4 is 4.90 Å². The average molecular weight is 321 g/mol. The summed E-state index contributed by atoms with van der Waals surface area (Å²) < 4.78 is 0. The third-order valence-corrected chi connectivity index (χ3v) is 4.39. The minimum Gasteiger partial charge on any atom is -0.411 e. The topological polar surface area (TPSA) is 35.8 Å². The van der Waals surface area contributed by atoms with E-state index in [1.165, 1.54) is 0 Å². The second-order valence-electron chi connectivity index (χ2n) is 4.98. The third-order valence-electron chi connectivity index (χ3n) is 3.65. The Kier molecular flexibility index (Phi) is 4.04. The number of para-hydroxylation sites is 1. The summed E-state index contributed by atoms with van der Waals surface area (Å²) in [7, 11) is 0. The molecule has 0 amide bonds. The van der Waals surface area contributed by atoms with E-state index >= 15 is 0 Å². The number of rotatable bonds is 2. The monoisotopic (exact) mass is 320 g/mol. The van der Waals surface area contributed by atoms with Crippen LogP contribution in [0.3, 0.4) is 0 Å². The number of hydrogen-bond acceptors (Lipinski definition) is 3. The molecule has 3 rings (SSSR count). The molecule has 0 saturated carbocycles. The van der Waals surface area contributed by atoms with Gasteiger partial charge in [-0.05, 0) is 23.8 Å². The van der Waals surface area contributed by atoms with Crippen molar-refractivity contribution in [2.24, 2.45) is 5.16 Å². The van der Waals surface area contributed by atoms with Gasteiger partial charge in [0.25, 0.3) is 0 Å². The van der Waals surface area contributed by atoms with Crippen LogP contribution >= 0.6 is 23.2 Å². The standard InChI is InChI=1S/C16H14Cl2N2O/c17-13-6-5-11(9-14(13)18)10-20-8-7-15(19-21)12-3-1-2-4-16(12)20/h1-6,9,21H,7-8,10H2. The molecule has 21 heavy (non-hydrogen) atoms. The molecule has 0 unspecified atom stereocenters. The molecule has 0 aliphatic carbocycles. The highest BCUT2D eigenvalue weighted by atomic mass is 35.5. The number of benzene rings is 2. The van der Waals surface area contributed by atoms with E-state index in [-0.39, 0.29) is 0 Å². The summed E-state index contributed by atoms with van der Waals surface area (Å²) >= 11 is 12.0. The Morgan fingerprint density at radius 1 is 1.10 bits per heavy atom. The lowest BCUT2D eigenvalue weighted by atomic mass is 9.99. The first kappa shape index (κ1) is 14.2. The second-order valence-corrected chi connectivity index (χ2v) is 5.80. The zero-order valence-corrected chi connectivity index (χ0v) is 12.8. The lowest BCUT2D eigenvalue weighted by Crippen LogP contribution is -2.31. The molecule has 2 aromatic carbocycles. The number of anilines is 1. The summed E-state index contributed by atoms with van der Waals surface area (Å²) in [5, 5.41) is 13.7. The molecule has 0 fully saturated rings. The van der Waals surface area contributed by atoms with E-state index in [4.69, 9.17) is 28.4 Å². The van der Waals surface area contributed by atoms with Crippen LogP contribution in [0.4, 0.5) is 5.69 Å². The van der Waals surface area contributed by atoms with Crippen molar-refractivity contribution in [1.29, 1.82) is 0 Å². The van der Waals surface area contributed by atoms with Crippen molar-refractivity contribution in [2.45, 2.75) is 13.0 Å². The smallest absolute Gasteiger partial charge is 0.0906 e. The zero-order valence-electron chi connectivity index (χ0n) is 11.3. The van der Waals surface area contributed by atoms with Crippen molar-refractivity contribution >= 4 is 34.6 Å². The molecular weight excluding hydrogens is 307 g/mol. The van der Waals surface area contributed by atoms with E-state index < -0.39 is 0 Å². The van der Waals surface area contributed by atoms with Gasteiger partial charge >= 0.3 is 0 Å². The highest BCUT2D eigenvalue weighted by Gasteiger charge is 2.21. The lowest BCUT2D eigenvalue weighted by Gasteiger charge is -2.31. The van der Waals surface area contributed by atoms with Crippen LogP contribution in [0.1, 0.15) is 17.5 Å². The minimum atomic E-state index is 0.564. The van der Waals surface area contributed by atoms with Crippen molar-refractivity contribution in [3.63, 3.8) is 0 Å². The maximum absolute atomic E-state index is 9.12. The second kappa shape index (κ2) is 5.96. The van der Waals surface area contributed by atoms with E-state index in [1.54, 1.807) is 0 Å². The molecule has 1 aliphatic rings. The number of halogens is 2. The van der Waals surface area contributed by atoms with Gasteiger partial charge < -0.3 is 10.1 Å². The van der Waals surface area contributed by atoms with E-state index in [0.717, 1.165) is 42.0 Å². The summed E-state index contributed by atoms with van der Waals surface area (Å²) in [5.41, 5.74) is 3.88. The summed E-state index contributed by atoms with van der Waals surface area (Å²) in [6.45, 7) is 1.54. The van der Waals surface area contributed by atoms with Gasteiger partial charge in [0, 0.05) is 30.8 Å². The Hall–Kier alpha value is -1.71. The molecule has 108 valence electrons. The fourth-order valence-corrected chi connectivity index (χ4v) is 2.94. The van der Waals surface area contributed by atoms with Crippen molar-refractivity contribution in [2.75, 3.05) is 11.4 Å². The lowest BCUT2D eigenvalue weighted by molar-refractivity contribution is 0.317. The maximum atomic E-state index is 9.12. The first-order valence-electron chi connectivity index (χ1n) is 6.68. The van der Waals surface area contributed by atoms with Gasteiger partial charge in [-0.25, -0.2) is 0 Å². The molecular formula is C16H14Cl2N2O. The molecule has 0 saturated heterocycles. The normalized spacial score (nSPS) is 16.1. The van der Waals surface area contributed by atoms with Gasteiger partial charge in [-0.2, -0.15) is 0 Å². The molecule has 3 nitrogen and oxygen atoms in total. The van der Waals surface area contributed by atoms with Crippen LogP contribution in [-0.4, -0.2) is 17.5 Å². The van der Waals surface area contributed by atoms with Crippen molar-refractivity contribution in [1.82, 2.24) is 0 Å². The Balaban J connectivity index is 1.91. The third kappa shape index (κ3) is 2.85.